The van der Waals surface area contributed by atoms with Gasteiger partial charge in [-0.15, -0.1) is 6.42 Å². The fourth-order valence-corrected chi connectivity index (χ4v) is 3.65. The number of carbonyl (C=O) groups excluding carboxylic acids is 2. The van der Waals surface area contributed by atoms with E-state index in [1.165, 1.54) is 18.2 Å². The fraction of sp³-hybridized carbons (Fsp3) is 0.182. The lowest BCUT2D eigenvalue weighted by atomic mass is 10.1. The van der Waals surface area contributed by atoms with E-state index in [1.807, 2.05) is 6.92 Å². The van der Waals surface area contributed by atoms with E-state index in [2.05, 4.69) is 33.8 Å². The summed E-state index contributed by atoms with van der Waals surface area (Å²) in [5, 5.41) is 2.54. The van der Waals surface area contributed by atoms with Crippen molar-refractivity contribution in [2.75, 3.05) is 13.2 Å². The number of hydrogen-bond donors (Lipinski definition) is 1. The van der Waals surface area contributed by atoms with E-state index in [-0.39, 0.29) is 24.4 Å². The van der Waals surface area contributed by atoms with E-state index in [0.717, 1.165) is 8.47 Å². The van der Waals surface area contributed by atoms with Crippen LogP contribution < -0.4 is 14.8 Å². The predicted octanol–water partition coefficient (Wildman–Crippen LogP) is 3.93. The third kappa shape index (κ3) is 4.74. The van der Waals surface area contributed by atoms with Crippen LogP contribution in [0.4, 0.5) is 9.18 Å². The molecule has 0 saturated carbocycles. The van der Waals surface area contributed by atoms with Crippen molar-refractivity contribution in [2.24, 2.45) is 0 Å². The number of imide groups is 1. The molecule has 154 valence electrons. The molecule has 1 saturated heterocycles. The van der Waals surface area contributed by atoms with Gasteiger partial charge in [0.25, 0.3) is 5.91 Å². The quantitative estimate of drug-likeness (QED) is 0.260. The van der Waals surface area contributed by atoms with E-state index < -0.39 is 17.8 Å². The Bertz CT molecular complexity index is 1060. The summed E-state index contributed by atoms with van der Waals surface area (Å²) in [6.07, 6.45) is 6.80. The topological polar surface area (TPSA) is 67.9 Å². The largest absolute Gasteiger partial charge is 0.490 e. The van der Waals surface area contributed by atoms with Crippen LogP contribution in [0.2, 0.25) is 0 Å². The van der Waals surface area contributed by atoms with Gasteiger partial charge >= 0.3 is 6.03 Å². The van der Waals surface area contributed by atoms with Crippen LogP contribution in [0.3, 0.4) is 0 Å². The number of amides is 3. The van der Waals surface area contributed by atoms with Gasteiger partial charge in [0.2, 0.25) is 0 Å². The molecule has 8 heteroatoms. The van der Waals surface area contributed by atoms with Crippen molar-refractivity contribution in [3.63, 3.8) is 0 Å². The summed E-state index contributed by atoms with van der Waals surface area (Å²) in [5.41, 5.74) is 0.977. The van der Waals surface area contributed by atoms with Crippen molar-refractivity contribution in [1.82, 2.24) is 10.2 Å². The Morgan fingerprint density at radius 3 is 2.73 bits per heavy atom. The van der Waals surface area contributed by atoms with Crippen molar-refractivity contribution in [3.05, 3.63) is 62.6 Å². The third-order valence-electron chi connectivity index (χ3n) is 4.19. The number of rotatable bonds is 7. The summed E-state index contributed by atoms with van der Waals surface area (Å²) in [6.45, 7) is 2.18. The summed E-state index contributed by atoms with van der Waals surface area (Å²) >= 11 is 2.08. The molecule has 30 heavy (non-hydrogen) atoms. The monoisotopic (exact) mass is 520 g/mol. The van der Waals surface area contributed by atoms with Gasteiger partial charge in [0.05, 0.1) is 16.7 Å². The highest BCUT2D eigenvalue weighted by Gasteiger charge is 2.34. The third-order valence-corrected chi connectivity index (χ3v) is 4.99. The maximum Gasteiger partial charge on any atom is 0.329 e. The zero-order chi connectivity index (χ0) is 21.7. The number of benzene rings is 2. The number of terminal acetylenes is 1. The first-order chi connectivity index (χ1) is 14.4. The Morgan fingerprint density at radius 1 is 1.27 bits per heavy atom. The van der Waals surface area contributed by atoms with Crippen molar-refractivity contribution in [3.8, 4) is 23.8 Å². The summed E-state index contributed by atoms with van der Waals surface area (Å²) in [4.78, 5) is 25.9. The molecule has 1 fully saturated rings. The predicted molar refractivity (Wildman–Crippen MR) is 118 cm³/mol. The molecule has 2 aromatic rings. The molecule has 0 bridgehead atoms. The van der Waals surface area contributed by atoms with Crippen LogP contribution in [0.15, 0.2) is 42.1 Å². The van der Waals surface area contributed by atoms with Gasteiger partial charge in [-0.2, -0.15) is 0 Å². The minimum atomic E-state index is -0.608. The van der Waals surface area contributed by atoms with E-state index in [9.17, 15) is 14.0 Å². The van der Waals surface area contributed by atoms with E-state index in [1.54, 1.807) is 24.3 Å². The Balaban J connectivity index is 1.88. The first-order valence-corrected chi connectivity index (χ1v) is 10.1. The second-order valence-corrected chi connectivity index (χ2v) is 7.39. The van der Waals surface area contributed by atoms with E-state index >= 15 is 0 Å². The van der Waals surface area contributed by atoms with Gasteiger partial charge in [-0.3, -0.25) is 9.69 Å². The Labute approximate surface area is 187 Å². The van der Waals surface area contributed by atoms with Crippen LogP contribution in [-0.4, -0.2) is 30.1 Å². The average molecular weight is 520 g/mol. The summed E-state index contributed by atoms with van der Waals surface area (Å²) in [5.74, 6) is 2.38. The second-order valence-electron chi connectivity index (χ2n) is 6.23. The molecule has 2 aromatic carbocycles. The minimum Gasteiger partial charge on any atom is -0.490 e. The number of halogens is 2. The lowest BCUT2D eigenvalue weighted by molar-refractivity contribution is -0.123. The number of nitrogens with one attached hydrogen (secondary N) is 1. The smallest absolute Gasteiger partial charge is 0.329 e. The van der Waals surface area contributed by atoms with E-state index in [0.29, 0.717) is 23.7 Å². The van der Waals surface area contributed by atoms with Crippen molar-refractivity contribution >= 4 is 40.6 Å². The molecule has 0 radical (unpaired) electrons. The number of ether oxygens (including phenoxy) is 2. The molecular formula is C22H18FIN2O4. The number of nitrogens with zero attached hydrogens (tertiary/aromatic N) is 1. The molecule has 1 N–H and O–H groups in total. The second kappa shape index (κ2) is 9.63. The van der Waals surface area contributed by atoms with Crippen LogP contribution in [0.5, 0.6) is 11.5 Å². The fourth-order valence-electron chi connectivity index (χ4n) is 2.87. The SMILES string of the molecule is C#CCOc1c(I)cc(/C=C2/NC(=O)N(Cc3ccccc3F)C2=O)cc1OCC. The van der Waals surface area contributed by atoms with Crippen LogP contribution in [-0.2, 0) is 11.3 Å². The first kappa shape index (κ1) is 21.6. The van der Waals surface area contributed by atoms with Crippen LogP contribution in [0, 0.1) is 21.7 Å². The molecule has 0 aliphatic carbocycles. The molecule has 6 nitrogen and oxygen atoms in total. The highest BCUT2D eigenvalue weighted by Crippen LogP contribution is 2.35. The lowest BCUT2D eigenvalue weighted by Crippen LogP contribution is -2.30. The molecule has 0 unspecified atom stereocenters. The Morgan fingerprint density at radius 2 is 2.03 bits per heavy atom. The van der Waals surface area contributed by atoms with Gasteiger partial charge in [-0.05, 0) is 59.4 Å². The maximum atomic E-state index is 13.9. The first-order valence-electron chi connectivity index (χ1n) is 9.05. The standard InChI is InChI=1S/C22H18FIN2O4/c1-3-9-30-20-17(24)10-14(12-19(20)29-4-2)11-18-21(27)26(22(28)25-18)13-15-7-5-6-8-16(15)23/h1,5-8,10-12H,4,9,13H2,2H3,(H,25,28)/b18-11+. The molecule has 0 spiro atoms. The molecule has 0 atom stereocenters. The highest BCUT2D eigenvalue weighted by molar-refractivity contribution is 14.1. The molecule has 1 aliphatic heterocycles. The van der Waals surface area contributed by atoms with Crippen LogP contribution in [0.25, 0.3) is 6.08 Å². The Hall–Kier alpha value is -3.06. The van der Waals surface area contributed by atoms with Crippen molar-refractivity contribution < 1.29 is 23.5 Å². The van der Waals surface area contributed by atoms with Gasteiger partial charge in [0, 0.05) is 5.56 Å². The normalized spacial score (nSPS) is 14.6. The molecule has 1 heterocycles. The average Bonchev–Trinajstić information content (AvgIpc) is 2.96. The molecular weight excluding hydrogens is 502 g/mol. The number of carbonyl (C=O) groups is 2. The van der Waals surface area contributed by atoms with Gasteiger partial charge in [-0.25, -0.2) is 9.18 Å². The summed E-state index contributed by atoms with van der Waals surface area (Å²) in [6, 6.07) is 8.88. The lowest BCUT2D eigenvalue weighted by Gasteiger charge is -2.13. The van der Waals surface area contributed by atoms with Gasteiger partial charge < -0.3 is 14.8 Å². The summed E-state index contributed by atoms with van der Waals surface area (Å²) < 4.78 is 25.8. The zero-order valence-electron chi connectivity index (χ0n) is 16.1. The highest BCUT2D eigenvalue weighted by atomic mass is 127. The van der Waals surface area contributed by atoms with Crippen molar-refractivity contribution in [2.45, 2.75) is 13.5 Å². The van der Waals surface area contributed by atoms with Gasteiger partial charge in [0.15, 0.2) is 11.5 Å². The zero-order valence-corrected chi connectivity index (χ0v) is 18.2. The molecule has 3 rings (SSSR count). The number of hydrogen-bond acceptors (Lipinski definition) is 4. The van der Waals surface area contributed by atoms with Crippen molar-refractivity contribution in [1.29, 1.82) is 0 Å². The van der Waals surface area contributed by atoms with Gasteiger partial charge in [0.1, 0.15) is 18.1 Å². The van der Waals surface area contributed by atoms with Gasteiger partial charge in [-0.1, -0.05) is 24.1 Å². The van der Waals surface area contributed by atoms with Crippen LogP contribution in [0.1, 0.15) is 18.1 Å². The number of urea groups is 1. The molecule has 0 aromatic heterocycles. The van der Waals surface area contributed by atoms with E-state index in [4.69, 9.17) is 15.9 Å². The minimum absolute atomic E-state index is 0.0897. The van der Waals surface area contributed by atoms with Crippen LogP contribution >= 0.6 is 22.6 Å². The molecule has 1 aliphatic rings. The molecule has 3 amide bonds. The summed E-state index contributed by atoms with van der Waals surface area (Å²) in [7, 11) is 0. The Kier molecular flexibility index (Phi) is 6.95. The maximum absolute atomic E-state index is 13.9.